The van der Waals surface area contributed by atoms with Crippen molar-refractivity contribution in [3.63, 3.8) is 0 Å². The highest BCUT2D eigenvalue weighted by atomic mass is 35.5. The lowest BCUT2D eigenvalue weighted by Gasteiger charge is -2.09. The molecule has 1 N–H and O–H groups in total. The number of ether oxygens (including phenoxy) is 2. The van der Waals surface area contributed by atoms with Gasteiger partial charge in [0.15, 0.2) is 11.5 Å². The maximum absolute atomic E-state index is 8.79. The average Bonchev–Trinajstić information content (AvgIpc) is 2.88. The molecule has 0 saturated heterocycles. The first-order valence-corrected chi connectivity index (χ1v) is 6.00. The minimum absolute atomic E-state index is 0.246. The summed E-state index contributed by atoms with van der Waals surface area (Å²) in [5.74, 6) is 1.44. The Hall–Kier alpha value is -2.38. The van der Waals surface area contributed by atoms with Gasteiger partial charge in [-0.15, -0.1) is 0 Å². The average molecular weight is 273 g/mol. The number of hydrogen-bond donors (Lipinski definition) is 1. The summed E-state index contributed by atoms with van der Waals surface area (Å²) in [6, 6.07) is 12.7. The largest absolute Gasteiger partial charge is 0.454 e. The van der Waals surface area contributed by atoms with Gasteiger partial charge in [-0.25, -0.2) is 0 Å². The van der Waals surface area contributed by atoms with Gasteiger partial charge in [-0.05, 0) is 30.3 Å². The van der Waals surface area contributed by atoms with E-state index in [0.717, 1.165) is 17.1 Å². The zero-order chi connectivity index (χ0) is 13.2. The summed E-state index contributed by atoms with van der Waals surface area (Å²) in [5, 5.41) is 12.5. The summed E-state index contributed by atoms with van der Waals surface area (Å²) in [6.07, 6.45) is 0. The highest BCUT2D eigenvalue weighted by molar-refractivity contribution is 6.33. The number of halogens is 1. The van der Waals surface area contributed by atoms with Crippen LogP contribution >= 0.6 is 11.6 Å². The predicted octanol–water partition coefficient (Wildman–Crippen LogP) is 3.68. The summed E-state index contributed by atoms with van der Waals surface area (Å²) in [4.78, 5) is 0. The molecule has 19 heavy (non-hydrogen) atoms. The minimum atomic E-state index is 0.246. The third-order valence-corrected chi connectivity index (χ3v) is 3.06. The van der Waals surface area contributed by atoms with E-state index >= 15 is 0 Å². The van der Waals surface area contributed by atoms with Gasteiger partial charge in [0.25, 0.3) is 0 Å². The lowest BCUT2D eigenvalue weighted by molar-refractivity contribution is 0.174. The molecule has 0 atom stereocenters. The second-order valence-electron chi connectivity index (χ2n) is 4.00. The molecule has 0 spiro atoms. The minimum Gasteiger partial charge on any atom is -0.454 e. The fourth-order valence-corrected chi connectivity index (χ4v) is 2.04. The van der Waals surface area contributed by atoms with Crippen LogP contribution in [0.3, 0.4) is 0 Å². The zero-order valence-electron chi connectivity index (χ0n) is 9.81. The first-order chi connectivity index (χ1) is 9.26. The Bertz CT molecular complexity index is 680. The number of hydrogen-bond acceptors (Lipinski definition) is 4. The summed E-state index contributed by atoms with van der Waals surface area (Å²) >= 11 is 6.11. The van der Waals surface area contributed by atoms with Gasteiger partial charge in [0.1, 0.15) is 0 Å². The van der Waals surface area contributed by atoms with Crippen molar-refractivity contribution in [1.29, 1.82) is 5.26 Å². The molecule has 4 nitrogen and oxygen atoms in total. The molecule has 5 heteroatoms. The third kappa shape index (κ3) is 2.28. The number of anilines is 2. The topological polar surface area (TPSA) is 54.3 Å². The van der Waals surface area contributed by atoms with Gasteiger partial charge >= 0.3 is 0 Å². The van der Waals surface area contributed by atoms with Crippen LogP contribution in [0.25, 0.3) is 0 Å². The van der Waals surface area contributed by atoms with E-state index in [1.807, 2.05) is 24.3 Å². The van der Waals surface area contributed by atoms with Crippen LogP contribution in [0, 0.1) is 11.3 Å². The molecule has 94 valence electrons. The van der Waals surface area contributed by atoms with E-state index in [9.17, 15) is 0 Å². The van der Waals surface area contributed by atoms with Crippen molar-refractivity contribution < 1.29 is 9.47 Å². The Kier molecular flexibility index (Phi) is 2.90. The van der Waals surface area contributed by atoms with Crippen LogP contribution < -0.4 is 14.8 Å². The standard InChI is InChI=1S/C14H9ClN2O2/c15-11-5-9(7-16)1-3-12(11)17-10-2-4-13-14(6-10)19-8-18-13/h1-6,17H,8H2. The third-order valence-electron chi connectivity index (χ3n) is 2.75. The lowest BCUT2D eigenvalue weighted by Crippen LogP contribution is -1.93. The molecule has 1 heterocycles. The van der Waals surface area contributed by atoms with Crippen LogP contribution in [0.1, 0.15) is 5.56 Å². The quantitative estimate of drug-likeness (QED) is 0.906. The fourth-order valence-electron chi connectivity index (χ4n) is 1.82. The fraction of sp³-hybridized carbons (Fsp3) is 0.0714. The van der Waals surface area contributed by atoms with Crippen LogP contribution in [0.5, 0.6) is 11.5 Å². The monoisotopic (exact) mass is 272 g/mol. The van der Waals surface area contributed by atoms with E-state index in [2.05, 4.69) is 5.32 Å². The summed E-state index contributed by atoms with van der Waals surface area (Å²) in [5.41, 5.74) is 2.11. The smallest absolute Gasteiger partial charge is 0.231 e. The van der Waals surface area contributed by atoms with Crippen molar-refractivity contribution in [2.45, 2.75) is 0 Å². The molecule has 0 unspecified atom stereocenters. The highest BCUT2D eigenvalue weighted by Gasteiger charge is 2.13. The van der Waals surface area contributed by atoms with Crippen molar-refractivity contribution in [3.8, 4) is 17.6 Å². The van der Waals surface area contributed by atoms with Gasteiger partial charge in [0.05, 0.1) is 22.3 Å². The normalized spacial score (nSPS) is 12.0. The SMILES string of the molecule is N#Cc1ccc(Nc2ccc3c(c2)OCO3)c(Cl)c1. The Balaban J connectivity index is 1.87. The molecule has 0 amide bonds. The van der Waals surface area contributed by atoms with Gasteiger partial charge in [0, 0.05) is 11.8 Å². The maximum Gasteiger partial charge on any atom is 0.231 e. The van der Waals surface area contributed by atoms with Crippen molar-refractivity contribution >= 4 is 23.0 Å². The zero-order valence-corrected chi connectivity index (χ0v) is 10.6. The van der Waals surface area contributed by atoms with Crippen LogP contribution in [-0.2, 0) is 0 Å². The first kappa shape index (κ1) is 11.7. The van der Waals surface area contributed by atoms with Gasteiger partial charge in [0.2, 0.25) is 6.79 Å². The van der Waals surface area contributed by atoms with Gasteiger partial charge in [-0.1, -0.05) is 11.6 Å². The predicted molar refractivity (Wildman–Crippen MR) is 72.0 cm³/mol. The molecular weight excluding hydrogens is 264 g/mol. The lowest BCUT2D eigenvalue weighted by atomic mass is 10.2. The van der Waals surface area contributed by atoms with Crippen molar-refractivity contribution in [2.75, 3.05) is 12.1 Å². The van der Waals surface area contributed by atoms with Crippen LogP contribution in [0.15, 0.2) is 36.4 Å². The Labute approximate surface area is 115 Å². The molecule has 0 saturated carbocycles. The van der Waals surface area contributed by atoms with Gasteiger partial charge in [-0.2, -0.15) is 5.26 Å². The highest BCUT2D eigenvalue weighted by Crippen LogP contribution is 2.36. The Morgan fingerprint density at radius 2 is 1.95 bits per heavy atom. The second kappa shape index (κ2) is 4.71. The van der Waals surface area contributed by atoms with Crippen molar-refractivity contribution in [2.24, 2.45) is 0 Å². The van der Waals surface area contributed by atoms with Gasteiger partial charge in [-0.3, -0.25) is 0 Å². The Morgan fingerprint density at radius 3 is 2.74 bits per heavy atom. The number of benzene rings is 2. The van der Waals surface area contributed by atoms with Crippen molar-refractivity contribution in [3.05, 3.63) is 47.0 Å². The Morgan fingerprint density at radius 1 is 1.11 bits per heavy atom. The number of nitriles is 1. The molecule has 0 aromatic heterocycles. The molecule has 3 rings (SSSR count). The number of nitrogens with one attached hydrogen (secondary N) is 1. The van der Waals surface area contributed by atoms with E-state index in [1.165, 1.54) is 0 Å². The summed E-state index contributed by atoms with van der Waals surface area (Å²) in [6.45, 7) is 0.246. The van der Waals surface area contributed by atoms with Crippen LogP contribution in [0.4, 0.5) is 11.4 Å². The molecule has 0 bridgehead atoms. The van der Waals surface area contributed by atoms with E-state index < -0.39 is 0 Å². The molecule has 2 aromatic rings. The summed E-state index contributed by atoms with van der Waals surface area (Å²) < 4.78 is 10.6. The van der Waals surface area contributed by atoms with Crippen LogP contribution in [-0.4, -0.2) is 6.79 Å². The van der Waals surface area contributed by atoms with E-state index in [-0.39, 0.29) is 6.79 Å². The number of nitrogens with zero attached hydrogens (tertiary/aromatic N) is 1. The number of rotatable bonds is 2. The molecule has 0 fully saturated rings. The molecule has 0 radical (unpaired) electrons. The summed E-state index contributed by atoms with van der Waals surface area (Å²) in [7, 11) is 0. The number of fused-ring (bicyclic) bond motifs is 1. The van der Waals surface area contributed by atoms with E-state index in [4.69, 9.17) is 26.3 Å². The van der Waals surface area contributed by atoms with Gasteiger partial charge < -0.3 is 14.8 Å². The van der Waals surface area contributed by atoms with E-state index in [1.54, 1.807) is 18.2 Å². The van der Waals surface area contributed by atoms with E-state index in [0.29, 0.717) is 16.3 Å². The van der Waals surface area contributed by atoms with Crippen LogP contribution in [0.2, 0.25) is 5.02 Å². The molecular formula is C14H9ClN2O2. The maximum atomic E-state index is 8.79. The van der Waals surface area contributed by atoms with Crippen molar-refractivity contribution in [1.82, 2.24) is 0 Å². The first-order valence-electron chi connectivity index (χ1n) is 5.62. The second-order valence-corrected chi connectivity index (χ2v) is 4.41. The molecule has 2 aromatic carbocycles. The molecule has 1 aliphatic rings. The molecule has 0 aliphatic carbocycles. The molecule has 1 aliphatic heterocycles.